The molecule has 5 nitrogen and oxygen atoms in total. The van der Waals surface area contributed by atoms with Crippen LogP contribution in [0.2, 0.25) is 5.02 Å². The van der Waals surface area contributed by atoms with Crippen molar-refractivity contribution in [2.75, 3.05) is 23.7 Å². The fourth-order valence-corrected chi connectivity index (χ4v) is 4.50. The summed E-state index contributed by atoms with van der Waals surface area (Å²) in [6.07, 6.45) is 2.79. The summed E-state index contributed by atoms with van der Waals surface area (Å²) >= 11 is 5.98. The van der Waals surface area contributed by atoms with Crippen LogP contribution >= 0.6 is 11.6 Å². The molecule has 0 saturated carbocycles. The number of carbonyl (C=O) groups excluding carboxylic acids is 1. The van der Waals surface area contributed by atoms with Crippen LogP contribution in [-0.4, -0.2) is 38.6 Å². The third-order valence-electron chi connectivity index (χ3n) is 4.73. The minimum absolute atomic E-state index is 0.0593. The van der Waals surface area contributed by atoms with Crippen molar-refractivity contribution in [3.8, 4) is 0 Å². The van der Waals surface area contributed by atoms with Gasteiger partial charge in [-0.05, 0) is 42.2 Å². The number of hydrogen-bond acceptors (Lipinski definition) is 3. The maximum Gasteiger partial charge on any atom is 0.232 e. The number of anilines is 1. The quantitative estimate of drug-likeness (QED) is 0.738. The van der Waals surface area contributed by atoms with E-state index < -0.39 is 10.0 Å². The lowest BCUT2D eigenvalue weighted by Crippen LogP contribution is -2.37. The van der Waals surface area contributed by atoms with Crippen LogP contribution in [0.1, 0.15) is 24.0 Å². The van der Waals surface area contributed by atoms with E-state index >= 15 is 0 Å². The average molecular weight is 407 g/mol. The van der Waals surface area contributed by atoms with Gasteiger partial charge < -0.3 is 4.90 Å². The topological polar surface area (TPSA) is 57.7 Å². The number of hydrogen-bond donors (Lipinski definition) is 0. The highest BCUT2D eigenvalue weighted by atomic mass is 35.5. The fourth-order valence-electron chi connectivity index (χ4n) is 3.36. The molecular formula is C20H23ClN2O3S. The van der Waals surface area contributed by atoms with Gasteiger partial charge in [-0.25, -0.2) is 8.42 Å². The number of fused-ring (bicyclic) bond motifs is 1. The van der Waals surface area contributed by atoms with E-state index in [1.165, 1.54) is 15.4 Å². The Balaban J connectivity index is 1.60. The number of rotatable bonds is 6. The van der Waals surface area contributed by atoms with Gasteiger partial charge in [0.05, 0.1) is 11.9 Å². The summed E-state index contributed by atoms with van der Waals surface area (Å²) in [6.45, 7) is 1.58. The largest absolute Gasteiger partial charge is 0.338 e. The van der Waals surface area contributed by atoms with E-state index in [1.54, 1.807) is 24.3 Å². The summed E-state index contributed by atoms with van der Waals surface area (Å²) in [6, 6.07) is 14.9. The first kappa shape index (κ1) is 19.7. The predicted molar refractivity (Wildman–Crippen MR) is 108 cm³/mol. The lowest BCUT2D eigenvalue weighted by Gasteiger charge is -2.29. The fraction of sp³-hybridized carbons (Fsp3) is 0.350. The van der Waals surface area contributed by atoms with Gasteiger partial charge in [0, 0.05) is 31.1 Å². The Bertz CT molecular complexity index is 930. The van der Waals surface area contributed by atoms with Crippen molar-refractivity contribution in [1.29, 1.82) is 0 Å². The number of benzene rings is 2. The number of halogens is 1. The van der Waals surface area contributed by atoms with Gasteiger partial charge in [-0.2, -0.15) is 0 Å². The van der Waals surface area contributed by atoms with E-state index in [0.29, 0.717) is 36.6 Å². The number of amides is 1. The molecule has 0 atom stereocenters. The molecule has 0 N–H and O–H groups in total. The second-order valence-corrected chi connectivity index (χ2v) is 9.10. The van der Waals surface area contributed by atoms with Gasteiger partial charge in [-0.3, -0.25) is 9.10 Å². The molecule has 0 aliphatic carbocycles. The molecule has 1 heterocycles. The smallest absolute Gasteiger partial charge is 0.232 e. The Hall–Kier alpha value is -2.05. The summed E-state index contributed by atoms with van der Waals surface area (Å²) in [5.74, 6) is 0.0593. The third kappa shape index (κ3) is 5.02. The lowest BCUT2D eigenvalue weighted by molar-refractivity contribution is -0.132. The maximum absolute atomic E-state index is 12.6. The van der Waals surface area contributed by atoms with Crippen LogP contribution in [0, 0.1) is 0 Å². The maximum atomic E-state index is 12.6. The zero-order chi connectivity index (χ0) is 19.4. The summed E-state index contributed by atoms with van der Waals surface area (Å²) in [7, 11) is -3.45. The summed E-state index contributed by atoms with van der Waals surface area (Å²) in [4.78, 5) is 14.4. The van der Waals surface area contributed by atoms with Crippen molar-refractivity contribution < 1.29 is 13.2 Å². The first-order valence-corrected chi connectivity index (χ1v) is 11.1. The molecule has 2 aromatic carbocycles. The highest BCUT2D eigenvalue weighted by Crippen LogP contribution is 2.23. The van der Waals surface area contributed by atoms with Crippen molar-refractivity contribution in [2.24, 2.45) is 0 Å². The molecule has 0 unspecified atom stereocenters. The van der Waals surface area contributed by atoms with Gasteiger partial charge in [0.2, 0.25) is 15.9 Å². The predicted octanol–water partition coefficient (Wildman–Crippen LogP) is 3.47. The SMILES string of the molecule is CS(=O)(=O)N(CCCC(=O)N1CCc2ccccc2C1)c1cccc(Cl)c1. The second kappa shape index (κ2) is 8.31. The van der Waals surface area contributed by atoms with Crippen molar-refractivity contribution >= 4 is 33.2 Å². The van der Waals surface area contributed by atoms with Crippen LogP contribution in [0.15, 0.2) is 48.5 Å². The minimum atomic E-state index is -3.45. The summed E-state index contributed by atoms with van der Waals surface area (Å²) in [5, 5.41) is 0.476. The molecule has 0 saturated heterocycles. The Morgan fingerprint density at radius 1 is 1.15 bits per heavy atom. The molecule has 0 bridgehead atoms. The average Bonchev–Trinajstić information content (AvgIpc) is 2.63. The van der Waals surface area contributed by atoms with Crippen LogP contribution in [0.25, 0.3) is 0 Å². The van der Waals surface area contributed by atoms with Crippen LogP contribution in [-0.2, 0) is 27.8 Å². The molecule has 0 radical (unpaired) electrons. The number of nitrogens with zero attached hydrogens (tertiary/aromatic N) is 2. The van der Waals surface area contributed by atoms with Crippen molar-refractivity contribution in [3.05, 3.63) is 64.7 Å². The molecule has 1 aliphatic rings. The van der Waals surface area contributed by atoms with Crippen molar-refractivity contribution in [2.45, 2.75) is 25.8 Å². The van der Waals surface area contributed by atoms with E-state index in [-0.39, 0.29) is 12.5 Å². The Morgan fingerprint density at radius 2 is 1.89 bits per heavy atom. The van der Waals surface area contributed by atoms with Crippen molar-refractivity contribution in [1.82, 2.24) is 4.90 Å². The van der Waals surface area contributed by atoms with Gasteiger partial charge in [0.15, 0.2) is 0 Å². The van der Waals surface area contributed by atoms with Gasteiger partial charge in [-0.15, -0.1) is 0 Å². The second-order valence-electron chi connectivity index (χ2n) is 6.75. The van der Waals surface area contributed by atoms with E-state index in [2.05, 4.69) is 12.1 Å². The first-order chi connectivity index (χ1) is 12.8. The first-order valence-electron chi connectivity index (χ1n) is 8.92. The van der Waals surface area contributed by atoms with Gasteiger partial charge >= 0.3 is 0 Å². The van der Waals surface area contributed by atoms with Crippen LogP contribution in [0.3, 0.4) is 0 Å². The Labute approximate surface area is 165 Å². The molecule has 27 heavy (non-hydrogen) atoms. The molecule has 7 heteroatoms. The Morgan fingerprint density at radius 3 is 2.59 bits per heavy atom. The zero-order valence-electron chi connectivity index (χ0n) is 15.3. The minimum Gasteiger partial charge on any atom is -0.338 e. The van der Waals surface area contributed by atoms with E-state index in [0.717, 1.165) is 12.7 Å². The zero-order valence-corrected chi connectivity index (χ0v) is 16.8. The van der Waals surface area contributed by atoms with Crippen molar-refractivity contribution in [3.63, 3.8) is 0 Å². The summed E-state index contributed by atoms with van der Waals surface area (Å²) < 4.78 is 25.6. The molecule has 144 valence electrons. The van der Waals surface area contributed by atoms with Crippen LogP contribution in [0.4, 0.5) is 5.69 Å². The Kier molecular flexibility index (Phi) is 6.07. The van der Waals surface area contributed by atoms with Crippen LogP contribution < -0.4 is 4.31 Å². The standard InChI is InChI=1S/C20H23ClN2O3S/c1-27(25,26)23(19-9-4-8-18(21)14-19)12-5-10-20(24)22-13-11-16-6-2-3-7-17(16)15-22/h2-4,6-9,14H,5,10-13,15H2,1H3. The molecule has 0 spiro atoms. The molecule has 1 amide bonds. The molecule has 3 rings (SSSR count). The van der Waals surface area contributed by atoms with Gasteiger partial charge in [-0.1, -0.05) is 41.9 Å². The lowest BCUT2D eigenvalue weighted by atomic mass is 9.99. The molecule has 0 fully saturated rings. The van der Waals surface area contributed by atoms with Gasteiger partial charge in [0.25, 0.3) is 0 Å². The third-order valence-corrected chi connectivity index (χ3v) is 6.16. The highest BCUT2D eigenvalue weighted by molar-refractivity contribution is 7.92. The number of sulfonamides is 1. The molecule has 1 aliphatic heterocycles. The molecule has 0 aromatic heterocycles. The summed E-state index contributed by atoms with van der Waals surface area (Å²) in [5.41, 5.74) is 3.00. The van der Waals surface area contributed by atoms with E-state index in [4.69, 9.17) is 11.6 Å². The van der Waals surface area contributed by atoms with Crippen LogP contribution in [0.5, 0.6) is 0 Å². The molecular weight excluding hydrogens is 384 g/mol. The number of carbonyl (C=O) groups is 1. The molecule has 2 aromatic rings. The van der Waals surface area contributed by atoms with E-state index in [1.807, 2.05) is 17.0 Å². The monoisotopic (exact) mass is 406 g/mol. The van der Waals surface area contributed by atoms with Gasteiger partial charge in [0.1, 0.15) is 0 Å². The normalized spacial score (nSPS) is 13.9. The highest BCUT2D eigenvalue weighted by Gasteiger charge is 2.22. The van der Waals surface area contributed by atoms with E-state index in [9.17, 15) is 13.2 Å².